The summed E-state index contributed by atoms with van der Waals surface area (Å²) in [6.07, 6.45) is -0.322. The lowest BCUT2D eigenvalue weighted by atomic mass is 9.89. The van der Waals surface area contributed by atoms with Gasteiger partial charge in [-0.25, -0.2) is 9.59 Å². The molecule has 2 aliphatic heterocycles. The topological polar surface area (TPSA) is 179 Å². The number of piperidine rings is 2. The van der Waals surface area contributed by atoms with Crippen molar-refractivity contribution < 1.29 is 42.9 Å². The summed E-state index contributed by atoms with van der Waals surface area (Å²) in [5.74, 6) is -3.26. The molecule has 2 aliphatic rings. The van der Waals surface area contributed by atoms with Gasteiger partial charge in [0, 0.05) is 26.2 Å². The lowest BCUT2D eigenvalue weighted by Crippen LogP contribution is -2.50. The first-order valence-corrected chi connectivity index (χ1v) is 13.9. The van der Waals surface area contributed by atoms with Crippen LogP contribution in [-0.4, -0.2) is 90.4 Å². The Kier molecular flexibility index (Phi) is 13.4. The largest absolute Gasteiger partial charge is 0.466 e. The Balaban J connectivity index is 0.000000410. The predicted octanol–water partition coefficient (Wildman–Crippen LogP) is 2.85. The Morgan fingerprint density at radius 2 is 1.12 bits per heavy atom. The van der Waals surface area contributed by atoms with Crippen LogP contribution in [-0.2, 0) is 33.3 Å². The van der Waals surface area contributed by atoms with Crippen molar-refractivity contribution in [2.24, 2.45) is 29.4 Å². The SMILES string of the molecule is CCOC(=O)C1CC(C#N)CN(C(=O)OC(C)(C)C)C1.CCOC(=O)C1CC(C(N)=O)CN(C(=O)OC(C)(C)C)C1. The van der Waals surface area contributed by atoms with Gasteiger partial charge >= 0.3 is 24.1 Å². The summed E-state index contributed by atoms with van der Waals surface area (Å²) in [6.45, 7) is 15.5. The molecule has 2 saturated heterocycles. The van der Waals surface area contributed by atoms with Gasteiger partial charge in [-0.3, -0.25) is 14.4 Å². The van der Waals surface area contributed by atoms with E-state index in [4.69, 9.17) is 29.9 Å². The Hall–Kier alpha value is -3.56. The van der Waals surface area contributed by atoms with Gasteiger partial charge in [0.1, 0.15) is 11.2 Å². The molecule has 0 spiro atoms. The molecule has 4 unspecified atom stereocenters. The second-order valence-corrected chi connectivity index (χ2v) is 12.1. The van der Waals surface area contributed by atoms with Gasteiger partial charge in [0.2, 0.25) is 5.91 Å². The van der Waals surface area contributed by atoms with Crippen LogP contribution < -0.4 is 5.73 Å². The quantitative estimate of drug-likeness (QED) is 0.374. The van der Waals surface area contributed by atoms with Crippen molar-refractivity contribution in [3.05, 3.63) is 0 Å². The van der Waals surface area contributed by atoms with Crippen molar-refractivity contribution in [3.8, 4) is 6.07 Å². The average Bonchev–Trinajstić information content (AvgIpc) is 2.86. The molecule has 0 aromatic carbocycles. The van der Waals surface area contributed by atoms with Crippen LogP contribution in [0.25, 0.3) is 0 Å². The van der Waals surface area contributed by atoms with Crippen LogP contribution in [0, 0.1) is 35.0 Å². The van der Waals surface area contributed by atoms with Crippen molar-refractivity contribution in [3.63, 3.8) is 0 Å². The monoisotopic (exact) mass is 582 g/mol. The van der Waals surface area contributed by atoms with Gasteiger partial charge in [-0.1, -0.05) is 0 Å². The first kappa shape index (κ1) is 35.5. The number of hydrogen-bond donors (Lipinski definition) is 1. The van der Waals surface area contributed by atoms with Gasteiger partial charge in [-0.2, -0.15) is 5.26 Å². The minimum absolute atomic E-state index is 0.167. The highest BCUT2D eigenvalue weighted by atomic mass is 16.6. The second kappa shape index (κ2) is 15.4. The summed E-state index contributed by atoms with van der Waals surface area (Å²) in [7, 11) is 0. The molecule has 3 amide bonds. The molecule has 4 atom stereocenters. The van der Waals surface area contributed by atoms with Crippen LogP contribution in [0.1, 0.15) is 68.2 Å². The zero-order valence-corrected chi connectivity index (χ0v) is 25.6. The number of nitrogens with two attached hydrogens (primary N) is 1. The van der Waals surface area contributed by atoms with Gasteiger partial charge in [-0.15, -0.1) is 0 Å². The molecule has 0 saturated carbocycles. The highest BCUT2D eigenvalue weighted by Gasteiger charge is 2.39. The number of likely N-dealkylation sites (tertiary alicyclic amines) is 2. The predicted molar refractivity (Wildman–Crippen MR) is 147 cm³/mol. The van der Waals surface area contributed by atoms with E-state index in [0.717, 1.165) is 0 Å². The van der Waals surface area contributed by atoms with Crippen molar-refractivity contribution >= 4 is 30.0 Å². The zero-order chi connectivity index (χ0) is 31.5. The van der Waals surface area contributed by atoms with Gasteiger partial charge < -0.3 is 34.5 Å². The number of hydrogen-bond acceptors (Lipinski definition) is 10. The number of carbonyl (C=O) groups excluding carboxylic acids is 5. The smallest absolute Gasteiger partial charge is 0.410 e. The molecule has 2 fully saturated rings. The van der Waals surface area contributed by atoms with Crippen LogP contribution in [0.15, 0.2) is 0 Å². The van der Waals surface area contributed by atoms with Crippen LogP contribution in [0.3, 0.4) is 0 Å². The first-order valence-electron chi connectivity index (χ1n) is 13.9. The maximum Gasteiger partial charge on any atom is 0.410 e. The number of nitrogens with zero attached hydrogens (tertiary/aromatic N) is 3. The average molecular weight is 583 g/mol. The summed E-state index contributed by atoms with van der Waals surface area (Å²) >= 11 is 0. The fourth-order valence-corrected chi connectivity index (χ4v) is 4.31. The molecule has 2 N–H and O–H groups in total. The molecule has 2 heterocycles. The van der Waals surface area contributed by atoms with Crippen LogP contribution in [0.2, 0.25) is 0 Å². The van der Waals surface area contributed by atoms with E-state index in [1.54, 1.807) is 55.4 Å². The number of nitriles is 1. The summed E-state index contributed by atoms with van der Waals surface area (Å²) in [5.41, 5.74) is 4.08. The molecule has 0 aliphatic carbocycles. The number of amides is 3. The molecule has 0 radical (unpaired) electrons. The minimum Gasteiger partial charge on any atom is -0.466 e. The lowest BCUT2D eigenvalue weighted by Gasteiger charge is -2.36. The van der Waals surface area contributed by atoms with Gasteiger partial charge in [-0.05, 0) is 68.2 Å². The number of carbonyl (C=O) groups is 5. The van der Waals surface area contributed by atoms with E-state index < -0.39 is 53.0 Å². The van der Waals surface area contributed by atoms with Gasteiger partial charge in [0.15, 0.2) is 0 Å². The Bertz CT molecular complexity index is 981. The molecule has 2 rings (SSSR count). The van der Waals surface area contributed by atoms with E-state index in [2.05, 4.69) is 6.07 Å². The number of esters is 2. The van der Waals surface area contributed by atoms with Crippen LogP contribution in [0.5, 0.6) is 0 Å². The molecule has 41 heavy (non-hydrogen) atoms. The number of rotatable bonds is 5. The van der Waals surface area contributed by atoms with E-state index in [-0.39, 0.29) is 38.1 Å². The summed E-state index contributed by atoms with van der Waals surface area (Å²) in [5, 5.41) is 9.07. The maximum absolute atomic E-state index is 12.1. The van der Waals surface area contributed by atoms with Crippen molar-refractivity contribution in [1.29, 1.82) is 5.26 Å². The van der Waals surface area contributed by atoms with Crippen LogP contribution >= 0.6 is 0 Å². The lowest BCUT2D eigenvalue weighted by molar-refractivity contribution is -0.151. The standard InChI is InChI=1S/C14H24N2O5.C14H22N2O4/c1-5-20-12(18)10-6-9(11(15)17)7-16(8-10)13(19)21-14(2,3)4;1-5-19-12(17)11-6-10(7-15)8-16(9-11)13(18)20-14(2,3)4/h9-10H,5-8H2,1-4H3,(H2,15,17);10-11H,5-6,8-9H2,1-4H3. The minimum atomic E-state index is -0.643. The van der Waals surface area contributed by atoms with Crippen molar-refractivity contribution in [1.82, 2.24) is 9.80 Å². The van der Waals surface area contributed by atoms with E-state index in [1.165, 1.54) is 9.80 Å². The highest BCUT2D eigenvalue weighted by molar-refractivity contribution is 5.81. The molecule has 0 aromatic rings. The Morgan fingerprint density at radius 3 is 1.49 bits per heavy atom. The van der Waals surface area contributed by atoms with E-state index >= 15 is 0 Å². The molecule has 0 aromatic heterocycles. The molecule has 13 heteroatoms. The highest BCUT2D eigenvalue weighted by Crippen LogP contribution is 2.26. The molecular weight excluding hydrogens is 536 g/mol. The van der Waals surface area contributed by atoms with Gasteiger partial charge in [0.25, 0.3) is 0 Å². The Morgan fingerprint density at radius 1 is 0.732 bits per heavy atom. The third kappa shape index (κ3) is 12.7. The summed E-state index contributed by atoms with van der Waals surface area (Å²) in [6, 6.07) is 2.12. The van der Waals surface area contributed by atoms with E-state index in [1.807, 2.05) is 0 Å². The van der Waals surface area contributed by atoms with E-state index in [0.29, 0.717) is 26.0 Å². The second-order valence-electron chi connectivity index (χ2n) is 12.1. The van der Waals surface area contributed by atoms with Crippen molar-refractivity contribution in [2.75, 3.05) is 39.4 Å². The summed E-state index contributed by atoms with van der Waals surface area (Å²) in [4.78, 5) is 62.0. The summed E-state index contributed by atoms with van der Waals surface area (Å²) < 4.78 is 20.5. The van der Waals surface area contributed by atoms with Gasteiger partial charge in [0.05, 0.1) is 43.0 Å². The van der Waals surface area contributed by atoms with Crippen molar-refractivity contribution in [2.45, 2.75) is 79.4 Å². The number of primary amides is 1. The number of ether oxygens (including phenoxy) is 4. The third-order valence-corrected chi connectivity index (χ3v) is 6.03. The van der Waals surface area contributed by atoms with Crippen LogP contribution in [0.4, 0.5) is 9.59 Å². The molecule has 13 nitrogen and oxygen atoms in total. The fraction of sp³-hybridized carbons (Fsp3) is 0.786. The molecular formula is C28H46N4O9. The maximum atomic E-state index is 12.1. The van der Waals surface area contributed by atoms with E-state index in [9.17, 15) is 24.0 Å². The third-order valence-electron chi connectivity index (χ3n) is 6.03. The fourth-order valence-electron chi connectivity index (χ4n) is 4.31. The Labute approximate surface area is 242 Å². The normalized spacial score (nSPS) is 22.7. The zero-order valence-electron chi connectivity index (χ0n) is 25.6. The first-order chi connectivity index (χ1) is 18.9. The molecule has 232 valence electrons. The molecule has 0 bridgehead atoms.